The van der Waals surface area contributed by atoms with Gasteiger partial charge in [-0.1, -0.05) is 0 Å². The van der Waals surface area contributed by atoms with Crippen molar-refractivity contribution in [1.29, 1.82) is 0 Å². The van der Waals surface area contributed by atoms with Crippen LogP contribution in [0.5, 0.6) is 0 Å². The quantitative estimate of drug-likeness (QED) is 0.276. The van der Waals surface area contributed by atoms with E-state index in [1.807, 2.05) is 0 Å². The van der Waals surface area contributed by atoms with Gasteiger partial charge in [-0.15, -0.1) is 0 Å². The Morgan fingerprint density at radius 3 is 2.12 bits per heavy atom. The molecule has 3 aromatic rings. The molecule has 0 atom stereocenters. The largest absolute Gasteiger partial charge is 0.416 e. The summed E-state index contributed by atoms with van der Waals surface area (Å²) in [6.07, 6.45) is -4.52. The van der Waals surface area contributed by atoms with Crippen molar-refractivity contribution in [2.75, 3.05) is 5.32 Å². The van der Waals surface area contributed by atoms with Gasteiger partial charge in [0, 0.05) is 28.8 Å². The van der Waals surface area contributed by atoms with Crippen molar-refractivity contribution in [3.05, 3.63) is 71.3 Å². The highest BCUT2D eigenvalue weighted by Crippen LogP contribution is 2.29. The topological polar surface area (TPSA) is 82.2 Å². The number of carbonyl (C=O) groups is 1. The summed E-state index contributed by atoms with van der Waals surface area (Å²) in [7, 11) is 0. The monoisotopic (exact) mass is 465 g/mol. The Balaban J connectivity index is 1.85. The summed E-state index contributed by atoms with van der Waals surface area (Å²) in [6.45, 7) is 5.42. The summed E-state index contributed by atoms with van der Waals surface area (Å²) >= 11 is 0. The van der Waals surface area contributed by atoms with Crippen LogP contribution in [0.3, 0.4) is 0 Å². The zero-order valence-electron chi connectivity index (χ0n) is 17.8. The van der Waals surface area contributed by atoms with Gasteiger partial charge in [0.1, 0.15) is 17.5 Å². The average Bonchev–Trinajstić information content (AvgIpc) is 3.14. The molecule has 0 aliphatic heterocycles. The van der Waals surface area contributed by atoms with Gasteiger partial charge in [-0.3, -0.25) is 9.89 Å². The second-order valence-electron chi connectivity index (χ2n) is 8.17. The van der Waals surface area contributed by atoms with Gasteiger partial charge in [0.25, 0.3) is 5.91 Å². The Kier molecular flexibility index (Phi) is 6.52. The van der Waals surface area contributed by atoms with Gasteiger partial charge in [0.05, 0.1) is 11.3 Å². The number of aromatic amines is 1. The van der Waals surface area contributed by atoms with E-state index in [1.165, 1.54) is 6.07 Å². The molecule has 3 N–H and O–H groups in total. The lowest BCUT2D eigenvalue weighted by molar-refractivity contribution is -0.137. The number of alkyl halides is 3. The Bertz CT molecular complexity index is 1160. The molecule has 11 heteroatoms. The van der Waals surface area contributed by atoms with Gasteiger partial charge in [-0.25, -0.2) is 8.78 Å². The highest BCUT2D eigenvalue weighted by molar-refractivity contribution is 6.06. The Labute approximate surface area is 185 Å². The highest BCUT2D eigenvalue weighted by Gasteiger charge is 2.30. The lowest BCUT2D eigenvalue weighted by Crippen LogP contribution is -2.44. The minimum atomic E-state index is -4.52. The molecule has 6 nitrogen and oxygen atoms in total. The molecule has 0 fully saturated rings. The molecule has 0 aliphatic rings. The Morgan fingerprint density at radius 2 is 1.58 bits per heavy atom. The number of halogens is 5. The van der Waals surface area contributed by atoms with Crippen LogP contribution in [0.2, 0.25) is 0 Å². The fraction of sp³-hybridized carbons (Fsp3) is 0.227. The third kappa shape index (κ3) is 6.61. The third-order valence-electron chi connectivity index (χ3n) is 4.16. The van der Waals surface area contributed by atoms with E-state index < -0.39 is 34.8 Å². The van der Waals surface area contributed by atoms with Gasteiger partial charge in [0.2, 0.25) is 5.96 Å². The summed E-state index contributed by atoms with van der Waals surface area (Å²) in [6, 6.07) is 8.08. The van der Waals surface area contributed by atoms with Crippen LogP contribution in [0.15, 0.2) is 53.5 Å². The van der Waals surface area contributed by atoms with Gasteiger partial charge in [-0.2, -0.15) is 23.3 Å². The van der Waals surface area contributed by atoms with E-state index in [4.69, 9.17) is 0 Å². The minimum Gasteiger partial charge on any atom is -0.351 e. The van der Waals surface area contributed by atoms with Crippen LogP contribution in [0, 0.1) is 11.6 Å². The van der Waals surface area contributed by atoms with Crippen molar-refractivity contribution < 1.29 is 26.7 Å². The number of hydrogen-bond donors (Lipinski definition) is 3. The van der Waals surface area contributed by atoms with Crippen molar-refractivity contribution in [1.82, 2.24) is 15.5 Å². The maximum Gasteiger partial charge on any atom is 0.416 e. The molecule has 0 radical (unpaired) electrons. The number of H-pyrrole nitrogens is 1. The van der Waals surface area contributed by atoms with Crippen LogP contribution >= 0.6 is 0 Å². The molecule has 0 aliphatic carbocycles. The third-order valence-corrected chi connectivity index (χ3v) is 4.16. The lowest BCUT2D eigenvalue weighted by Gasteiger charge is -2.23. The molecule has 174 valence electrons. The van der Waals surface area contributed by atoms with Crippen LogP contribution in [0.25, 0.3) is 11.3 Å². The second kappa shape index (κ2) is 9.00. The van der Waals surface area contributed by atoms with Gasteiger partial charge in [-0.05, 0) is 57.2 Å². The number of aliphatic imine (C=N–C) groups is 1. The van der Waals surface area contributed by atoms with E-state index in [9.17, 15) is 26.7 Å². The van der Waals surface area contributed by atoms with Crippen LogP contribution in [0.1, 0.15) is 36.7 Å². The summed E-state index contributed by atoms with van der Waals surface area (Å²) < 4.78 is 65.2. The summed E-state index contributed by atoms with van der Waals surface area (Å²) in [5, 5.41) is 12.4. The number of nitrogens with one attached hydrogen (secondary N) is 3. The average molecular weight is 465 g/mol. The first-order valence-corrected chi connectivity index (χ1v) is 9.67. The lowest BCUT2D eigenvalue weighted by atomic mass is 10.1. The van der Waals surface area contributed by atoms with E-state index >= 15 is 0 Å². The first kappa shape index (κ1) is 23.9. The molecule has 33 heavy (non-hydrogen) atoms. The maximum atomic E-state index is 13.5. The van der Waals surface area contributed by atoms with Crippen LogP contribution in [0.4, 0.5) is 27.8 Å². The molecule has 0 saturated heterocycles. The first-order chi connectivity index (χ1) is 15.3. The van der Waals surface area contributed by atoms with Crippen molar-refractivity contribution in [3.63, 3.8) is 0 Å². The van der Waals surface area contributed by atoms with Crippen LogP contribution in [-0.2, 0) is 6.18 Å². The number of anilines is 1. The SMILES string of the molecule is CC(C)(C)N/C(=N/C(=O)c1ccc(C(F)(F)F)cc1)Nc1cc(-c2cc(F)cc(F)c2)n[nH]1. The van der Waals surface area contributed by atoms with Crippen molar-refractivity contribution in [3.8, 4) is 11.3 Å². The summed E-state index contributed by atoms with van der Waals surface area (Å²) in [5.41, 5.74) is -1.03. The first-order valence-electron chi connectivity index (χ1n) is 9.67. The number of rotatable bonds is 3. The second-order valence-corrected chi connectivity index (χ2v) is 8.17. The van der Waals surface area contributed by atoms with E-state index in [0.717, 1.165) is 42.5 Å². The normalized spacial score (nSPS) is 12.5. The molecule has 1 amide bonds. The van der Waals surface area contributed by atoms with Crippen molar-refractivity contribution in [2.24, 2.45) is 4.99 Å². The number of guanidine groups is 1. The number of aromatic nitrogens is 2. The summed E-state index contributed by atoms with van der Waals surface area (Å²) in [4.78, 5) is 16.5. The maximum absolute atomic E-state index is 13.5. The molecular formula is C22H20F5N5O. The van der Waals surface area contributed by atoms with Gasteiger partial charge < -0.3 is 10.6 Å². The van der Waals surface area contributed by atoms with Crippen molar-refractivity contribution >= 4 is 17.7 Å². The van der Waals surface area contributed by atoms with Crippen LogP contribution < -0.4 is 10.6 Å². The fourth-order valence-electron chi connectivity index (χ4n) is 2.77. The number of carbonyl (C=O) groups excluding carboxylic acids is 1. The molecule has 3 rings (SSSR count). The standard InChI is InChI=1S/C22H20F5N5O/c1-21(2,3)30-20(29-19(33)12-4-6-14(7-5-12)22(25,26)27)28-18-11-17(31-32-18)13-8-15(23)10-16(24)9-13/h4-11H,1-3H3,(H3,28,29,30,31,32,33). The number of benzene rings is 2. The fourth-order valence-corrected chi connectivity index (χ4v) is 2.77. The molecule has 0 unspecified atom stereocenters. The molecule has 1 heterocycles. The van der Waals surface area contributed by atoms with E-state index in [2.05, 4.69) is 25.8 Å². The number of amides is 1. The van der Waals surface area contributed by atoms with Crippen LogP contribution in [-0.4, -0.2) is 27.6 Å². The molecule has 2 aromatic carbocycles. The highest BCUT2D eigenvalue weighted by atomic mass is 19.4. The van der Waals surface area contributed by atoms with Crippen molar-refractivity contribution in [2.45, 2.75) is 32.5 Å². The molecule has 0 bridgehead atoms. The minimum absolute atomic E-state index is 0.00646. The molecule has 0 saturated carbocycles. The van der Waals surface area contributed by atoms with E-state index in [0.29, 0.717) is 0 Å². The predicted molar refractivity (Wildman–Crippen MR) is 114 cm³/mol. The summed E-state index contributed by atoms with van der Waals surface area (Å²) in [5.74, 6) is -2.06. The Hall–Kier alpha value is -3.76. The van der Waals surface area contributed by atoms with E-state index in [-0.39, 0.29) is 28.6 Å². The zero-order chi connectivity index (χ0) is 24.4. The molecule has 0 spiro atoms. The van der Waals surface area contributed by atoms with Gasteiger partial charge in [0.15, 0.2) is 0 Å². The Morgan fingerprint density at radius 1 is 0.970 bits per heavy atom. The number of hydrogen-bond acceptors (Lipinski definition) is 2. The number of nitrogens with zero attached hydrogens (tertiary/aromatic N) is 2. The zero-order valence-corrected chi connectivity index (χ0v) is 17.8. The molecule has 1 aromatic heterocycles. The smallest absolute Gasteiger partial charge is 0.351 e. The van der Waals surface area contributed by atoms with E-state index in [1.54, 1.807) is 20.8 Å². The van der Waals surface area contributed by atoms with Gasteiger partial charge >= 0.3 is 6.18 Å². The molecular weight excluding hydrogens is 445 g/mol. The predicted octanol–water partition coefficient (Wildman–Crippen LogP) is 5.37.